The number of halogens is 1. The number of hydrogen-bond acceptors (Lipinski definition) is 8. The number of unbranched alkanes of at least 4 members (excludes halogenated alkanes) is 1. The topological polar surface area (TPSA) is 106 Å². The molecule has 3 N–H and O–H groups in total. The minimum absolute atomic E-state index is 0.0573. The molecule has 206 valence electrons. The van der Waals surface area contributed by atoms with Gasteiger partial charge in [0, 0.05) is 51.3 Å². The largest absolute Gasteiger partial charge is 0.493 e. The van der Waals surface area contributed by atoms with Gasteiger partial charge in [0.25, 0.3) is 5.91 Å². The quantitative estimate of drug-likeness (QED) is 0.252. The highest BCUT2D eigenvalue weighted by Gasteiger charge is 2.33. The van der Waals surface area contributed by atoms with E-state index < -0.39 is 0 Å². The maximum Gasteiger partial charge on any atom is 0.306 e. The molecule has 10 heteroatoms. The normalized spacial score (nSPS) is 24.4. The van der Waals surface area contributed by atoms with Crippen LogP contribution >= 0.6 is 11.6 Å². The summed E-state index contributed by atoms with van der Waals surface area (Å²) in [5.74, 6) is 0.0685. The van der Waals surface area contributed by atoms with Gasteiger partial charge in [0.2, 0.25) is 0 Å². The number of hydrogen-bond donors (Lipinski definition) is 2. The van der Waals surface area contributed by atoms with Gasteiger partial charge in [-0.15, -0.1) is 0 Å². The molecule has 3 aliphatic heterocycles. The number of carbonyl (C=O) groups excluding carboxylic acids is 2. The number of nitrogens with one attached hydrogen (secondary N) is 1. The van der Waals surface area contributed by atoms with Crippen LogP contribution in [0.3, 0.4) is 0 Å². The second kappa shape index (κ2) is 13.6. The molecule has 9 nitrogen and oxygen atoms in total. The van der Waals surface area contributed by atoms with E-state index >= 15 is 0 Å². The van der Waals surface area contributed by atoms with Gasteiger partial charge in [0.05, 0.1) is 35.6 Å². The van der Waals surface area contributed by atoms with E-state index in [9.17, 15) is 9.59 Å². The van der Waals surface area contributed by atoms with Crippen LogP contribution in [0.2, 0.25) is 5.02 Å². The van der Waals surface area contributed by atoms with E-state index in [0.717, 1.165) is 64.4 Å². The number of morpholine rings is 1. The predicted octanol–water partition coefficient (Wildman–Crippen LogP) is 3.09. The van der Waals surface area contributed by atoms with Crippen molar-refractivity contribution >= 4 is 29.2 Å². The van der Waals surface area contributed by atoms with E-state index in [-0.39, 0.29) is 24.1 Å². The SMILES string of the molecule is CCOc1cc(N)c(Cl)cc1C(=O)NC[C@H]1CN(CCCCC(=O)O[C@@H]2CCCC3CCN3C2)CCO1. The lowest BCUT2D eigenvalue weighted by Gasteiger charge is -2.40. The van der Waals surface area contributed by atoms with Crippen LogP contribution in [-0.4, -0.2) is 92.4 Å². The highest BCUT2D eigenvalue weighted by molar-refractivity contribution is 6.33. The lowest BCUT2D eigenvalue weighted by molar-refractivity contribution is -0.150. The first-order valence-corrected chi connectivity index (χ1v) is 14.1. The standard InChI is InChI=1S/C27H41ClN4O5/c1-2-35-25-15-24(29)23(28)14-22(25)27(34)30-16-21-17-31(12-13-36-21)10-4-3-8-26(33)37-20-7-5-6-19-9-11-32(19)18-20/h14-15,19-21H,2-13,16-18,29H2,1H3,(H,30,34)/t19?,20-,21+/m1/s1. The van der Waals surface area contributed by atoms with Crippen molar-refractivity contribution in [1.29, 1.82) is 0 Å². The molecular formula is C27H41ClN4O5. The number of rotatable bonds is 11. The maximum absolute atomic E-state index is 12.8. The number of fused-ring (bicyclic) bond motifs is 1. The molecule has 0 radical (unpaired) electrons. The molecule has 3 atom stereocenters. The van der Waals surface area contributed by atoms with Crippen molar-refractivity contribution in [3.05, 3.63) is 22.7 Å². The Kier molecular flexibility index (Phi) is 10.3. The smallest absolute Gasteiger partial charge is 0.306 e. The fraction of sp³-hybridized carbons (Fsp3) is 0.704. The molecule has 4 rings (SSSR count). The molecule has 1 amide bonds. The first-order valence-electron chi connectivity index (χ1n) is 13.7. The van der Waals surface area contributed by atoms with E-state index in [2.05, 4.69) is 15.1 Å². The van der Waals surface area contributed by atoms with Crippen molar-refractivity contribution in [3.8, 4) is 5.75 Å². The fourth-order valence-electron chi connectivity index (χ4n) is 5.37. The molecule has 1 aromatic rings. The minimum Gasteiger partial charge on any atom is -0.493 e. The van der Waals surface area contributed by atoms with Crippen LogP contribution in [0.15, 0.2) is 12.1 Å². The zero-order chi connectivity index (χ0) is 26.2. The summed E-state index contributed by atoms with van der Waals surface area (Å²) >= 11 is 6.12. The minimum atomic E-state index is -0.275. The van der Waals surface area contributed by atoms with Crippen molar-refractivity contribution in [2.75, 3.05) is 58.2 Å². The van der Waals surface area contributed by atoms with Crippen LogP contribution in [0, 0.1) is 0 Å². The number of ether oxygens (including phenoxy) is 3. The summed E-state index contributed by atoms with van der Waals surface area (Å²) in [5.41, 5.74) is 6.58. The zero-order valence-electron chi connectivity index (χ0n) is 21.9. The first-order chi connectivity index (χ1) is 17.9. The zero-order valence-corrected chi connectivity index (χ0v) is 22.6. The molecule has 0 bridgehead atoms. The number of nitrogens with zero attached hydrogens (tertiary/aromatic N) is 2. The Labute approximate surface area is 224 Å². The third-order valence-electron chi connectivity index (χ3n) is 7.53. The summed E-state index contributed by atoms with van der Waals surface area (Å²) in [7, 11) is 0. The molecule has 37 heavy (non-hydrogen) atoms. The number of benzene rings is 1. The summed E-state index contributed by atoms with van der Waals surface area (Å²) in [4.78, 5) is 29.9. The third kappa shape index (κ3) is 7.96. The highest BCUT2D eigenvalue weighted by atomic mass is 35.5. The van der Waals surface area contributed by atoms with Gasteiger partial charge < -0.3 is 25.3 Å². The highest BCUT2D eigenvalue weighted by Crippen LogP contribution is 2.29. The molecule has 1 unspecified atom stereocenters. The molecule has 3 saturated heterocycles. The summed E-state index contributed by atoms with van der Waals surface area (Å²) < 4.78 is 17.2. The van der Waals surface area contributed by atoms with Gasteiger partial charge in [-0.2, -0.15) is 0 Å². The maximum atomic E-state index is 12.8. The second-order valence-corrected chi connectivity index (χ2v) is 10.7. The predicted molar refractivity (Wildman–Crippen MR) is 143 cm³/mol. The Morgan fingerprint density at radius 3 is 2.84 bits per heavy atom. The third-order valence-corrected chi connectivity index (χ3v) is 7.85. The van der Waals surface area contributed by atoms with Crippen molar-refractivity contribution in [3.63, 3.8) is 0 Å². The Bertz CT molecular complexity index is 932. The number of carbonyl (C=O) groups is 2. The van der Waals surface area contributed by atoms with E-state index in [4.69, 9.17) is 31.5 Å². The summed E-state index contributed by atoms with van der Waals surface area (Å²) in [5, 5.41) is 3.25. The second-order valence-electron chi connectivity index (χ2n) is 10.2. The van der Waals surface area contributed by atoms with Crippen molar-refractivity contribution in [2.24, 2.45) is 0 Å². The number of amides is 1. The molecule has 1 aromatic carbocycles. The Hall–Kier alpha value is -2.07. The number of nitrogen functional groups attached to an aromatic ring is 1. The lowest BCUT2D eigenvalue weighted by Crippen LogP contribution is -2.49. The lowest BCUT2D eigenvalue weighted by atomic mass is 10.00. The monoisotopic (exact) mass is 536 g/mol. The van der Waals surface area contributed by atoms with Crippen LogP contribution in [0.5, 0.6) is 5.75 Å². The number of nitrogens with two attached hydrogens (primary N) is 1. The fourth-order valence-corrected chi connectivity index (χ4v) is 5.54. The number of anilines is 1. The average Bonchev–Trinajstić information content (AvgIpc) is 3.00. The van der Waals surface area contributed by atoms with E-state index in [1.807, 2.05) is 6.92 Å². The number of esters is 1. The van der Waals surface area contributed by atoms with Gasteiger partial charge in [-0.05, 0) is 58.1 Å². The van der Waals surface area contributed by atoms with Crippen molar-refractivity contribution < 1.29 is 23.8 Å². The van der Waals surface area contributed by atoms with Crippen LogP contribution < -0.4 is 15.8 Å². The molecule has 3 heterocycles. The van der Waals surface area contributed by atoms with Gasteiger partial charge >= 0.3 is 5.97 Å². The summed E-state index contributed by atoms with van der Waals surface area (Å²) in [6.07, 6.45) is 6.83. The molecule has 0 saturated carbocycles. The van der Waals surface area contributed by atoms with Crippen LogP contribution in [0.1, 0.15) is 62.2 Å². The Morgan fingerprint density at radius 1 is 1.19 bits per heavy atom. The van der Waals surface area contributed by atoms with Gasteiger partial charge in [-0.25, -0.2) is 0 Å². The molecule has 0 spiro atoms. The average molecular weight is 537 g/mol. The van der Waals surface area contributed by atoms with Crippen molar-refractivity contribution in [2.45, 2.75) is 70.1 Å². The Balaban J connectivity index is 1.13. The molecule has 3 aliphatic rings. The first kappa shape index (κ1) is 28.0. The Morgan fingerprint density at radius 2 is 2.05 bits per heavy atom. The van der Waals surface area contributed by atoms with E-state index in [0.29, 0.717) is 48.2 Å². The molecule has 3 fully saturated rings. The van der Waals surface area contributed by atoms with Crippen LogP contribution in [0.25, 0.3) is 0 Å². The molecule has 0 aliphatic carbocycles. The summed E-state index contributed by atoms with van der Waals surface area (Å²) in [6, 6.07) is 3.83. The van der Waals surface area contributed by atoms with Gasteiger partial charge in [0.15, 0.2) is 0 Å². The van der Waals surface area contributed by atoms with Gasteiger partial charge in [-0.3, -0.25) is 19.4 Å². The van der Waals surface area contributed by atoms with Crippen LogP contribution in [-0.2, 0) is 14.3 Å². The van der Waals surface area contributed by atoms with Crippen molar-refractivity contribution in [1.82, 2.24) is 15.1 Å². The van der Waals surface area contributed by atoms with Crippen LogP contribution in [0.4, 0.5) is 5.69 Å². The van der Waals surface area contributed by atoms with Gasteiger partial charge in [0.1, 0.15) is 11.9 Å². The molecular weight excluding hydrogens is 496 g/mol. The van der Waals surface area contributed by atoms with Gasteiger partial charge in [-0.1, -0.05) is 11.6 Å². The summed E-state index contributed by atoms with van der Waals surface area (Å²) in [6.45, 7) is 7.77. The molecule has 0 aromatic heterocycles. The van der Waals surface area contributed by atoms with E-state index in [1.54, 1.807) is 6.07 Å². The van der Waals surface area contributed by atoms with E-state index in [1.165, 1.54) is 18.9 Å².